The van der Waals surface area contributed by atoms with Crippen LogP contribution < -0.4 is 19.9 Å². The molecule has 0 bridgehead atoms. The summed E-state index contributed by atoms with van der Waals surface area (Å²) in [6, 6.07) is 11.7. The number of ether oxygens (including phenoxy) is 3. The van der Waals surface area contributed by atoms with Crippen molar-refractivity contribution in [2.24, 2.45) is 0 Å². The van der Waals surface area contributed by atoms with Gasteiger partial charge < -0.3 is 19.9 Å². The number of nitrogens with two attached hydrogens (primary N) is 1. The van der Waals surface area contributed by atoms with Gasteiger partial charge in [-0.05, 0) is 41.8 Å². The first-order valence-corrected chi connectivity index (χ1v) is 6.31. The number of benzene rings is 2. The lowest BCUT2D eigenvalue weighted by Gasteiger charge is -2.10. The van der Waals surface area contributed by atoms with E-state index in [1.807, 2.05) is 36.4 Å². The third-order valence-electron chi connectivity index (χ3n) is 3.15. The highest BCUT2D eigenvalue weighted by Gasteiger charge is 2.06. The second-order valence-electron chi connectivity index (χ2n) is 4.44. The number of nitrogen functional groups attached to an aromatic ring is 1. The second-order valence-corrected chi connectivity index (χ2v) is 4.44. The molecule has 20 heavy (non-hydrogen) atoms. The fourth-order valence-corrected chi connectivity index (χ4v) is 2.12. The van der Waals surface area contributed by atoms with Crippen molar-refractivity contribution in [2.75, 3.05) is 27.1 Å². The maximum atomic E-state index is 5.92. The van der Waals surface area contributed by atoms with Gasteiger partial charge in [0.15, 0.2) is 11.5 Å². The minimum atomic E-state index is 0.644. The molecule has 106 valence electrons. The van der Waals surface area contributed by atoms with Crippen LogP contribution in [-0.2, 0) is 6.42 Å². The van der Waals surface area contributed by atoms with Gasteiger partial charge in [0.2, 0.25) is 0 Å². The van der Waals surface area contributed by atoms with E-state index < -0.39 is 0 Å². The van der Waals surface area contributed by atoms with Crippen LogP contribution in [0.1, 0.15) is 11.1 Å². The molecule has 4 nitrogen and oxygen atoms in total. The van der Waals surface area contributed by atoms with Crippen LogP contribution >= 0.6 is 0 Å². The zero-order valence-electron chi connectivity index (χ0n) is 12.0. The van der Waals surface area contributed by atoms with Gasteiger partial charge in [0, 0.05) is 0 Å². The van der Waals surface area contributed by atoms with Crippen molar-refractivity contribution < 1.29 is 14.2 Å². The molecule has 0 saturated carbocycles. The Labute approximate surface area is 119 Å². The molecule has 0 aromatic heterocycles. The molecule has 0 fully saturated rings. The molecule has 0 amide bonds. The lowest BCUT2D eigenvalue weighted by atomic mass is 10.0. The molecular weight excluding hydrogens is 254 g/mol. The van der Waals surface area contributed by atoms with E-state index in [1.165, 1.54) is 0 Å². The van der Waals surface area contributed by atoms with Crippen LogP contribution in [-0.4, -0.2) is 21.3 Å². The van der Waals surface area contributed by atoms with E-state index in [9.17, 15) is 0 Å². The van der Waals surface area contributed by atoms with Gasteiger partial charge in [0.25, 0.3) is 0 Å². The Bertz CT molecular complexity index is 596. The highest BCUT2D eigenvalue weighted by Crippen LogP contribution is 2.29. The SMILES string of the molecule is COc1ccc(Cc2ccc(OC)c(OC)c2)cc1N. The third kappa shape index (κ3) is 2.96. The summed E-state index contributed by atoms with van der Waals surface area (Å²) in [5, 5.41) is 0. The summed E-state index contributed by atoms with van der Waals surface area (Å²) in [6.07, 6.45) is 0.772. The molecule has 0 saturated heterocycles. The molecular formula is C16H19NO3. The largest absolute Gasteiger partial charge is 0.495 e. The van der Waals surface area contributed by atoms with Crippen LogP contribution in [0.5, 0.6) is 17.2 Å². The molecule has 0 heterocycles. The van der Waals surface area contributed by atoms with Crippen LogP contribution in [0.2, 0.25) is 0 Å². The van der Waals surface area contributed by atoms with E-state index in [-0.39, 0.29) is 0 Å². The monoisotopic (exact) mass is 273 g/mol. The van der Waals surface area contributed by atoms with E-state index in [0.717, 1.165) is 29.0 Å². The summed E-state index contributed by atoms with van der Waals surface area (Å²) in [5.41, 5.74) is 8.81. The van der Waals surface area contributed by atoms with Crippen LogP contribution in [0.25, 0.3) is 0 Å². The smallest absolute Gasteiger partial charge is 0.160 e. The lowest BCUT2D eigenvalue weighted by Crippen LogP contribution is -1.96. The summed E-state index contributed by atoms with van der Waals surface area (Å²) < 4.78 is 15.7. The van der Waals surface area contributed by atoms with Gasteiger partial charge >= 0.3 is 0 Å². The Hall–Kier alpha value is -2.36. The van der Waals surface area contributed by atoms with E-state index in [1.54, 1.807) is 21.3 Å². The lowest BCUT2D eigenvalue weighted by molar-refractivity contribution is 0.354. The maximum Gasteiger partial charge on any atom is 0.160 e. The van der Waals surface area contributed by atoms with Crippen LogP contribution in [0.4, 0.5) is 5.69 Å². The van der Waals surface area contributed by atoms with Crippen molar-refractivity contribution in [3.05, 3.63) is 47.5 Å². The topological polar surface area (TPSA) is 53.7 Å². The van der Waals surface area contributed by atoms with Crippen molar-refractivity contribution >= 4 is 5.69 Å². The fourth-order valence-electron chi connectivity index (χ4n) is 2.12. The summed E-state index contributed by atoms with van der Waals surface area (Å²) in [5.74, 6) is 2.15. The molecule has 0 aliphatic heterocycles. The first kappa shape index (κ1) is 14.1. The van der Waals surface area contributed by atoms with Gasteiger partial charge in [0.05, 0.1) is 27.0 Å². The predicted octanol–water partition coefficient (Wildman–Crippen LogP) is 2.89. The van der Waals surface area contributed by atoms with Crippen molar-refractivity contribution in [3.63, 3.8) is 0 Å². The minimum absolute atomic E-state index is 0.644. The summed E-state index contributed by atoms with van der Waals surface area (Å²) in [7, 11) is 4.87. The Morgan fingerprint density at radius 1 is 0.750 bits per heavy atom. The summed E-state index contributed by atoms with van der Waals surface area (Å²) >= 11 is 0. The molecule has 2 rings (SSSR count). The number of hydrogen-bond donors (Lipinski definition) is 1. The number of rotatable bonds is 5. The normalized spacial score (nSPS) is 10.2. The number of methoxy groups -OCH3 is 3. The first-order valence-electron chi connectivity index (χ1n) is 6.31. The van der Waals surface area contributed by atoms with Gasteiger partial charge in [-0.15, -0.1) is 0 Å². The van der Waals surface area contributed by atoms with Crippen molar-refractivity contribution in [2.45, 2.75) is 6.42 Å². The Morgan fingerprint density at radius 3 is 1.85 bits per heavy atom. The summed E-state index contributed by atoms with van der Waals surface area (Å²) in [4.78, 5) is 0. The average molecular weight is 273 g/mol. The molecule has 0 unspecified atom stereocenters. The Kier molecular flexibility index (Phi) is 4.35. The molecule has 2 aromatic rings. The Morgan fingerprint density at radius 2 is 1.30 bits per heavy atom. The molecule has 0 spiro atoms. The zero-order chi connectivity index (χ0) is 14.5. The number of anilines is 1. The quantitative estimate of drug-likeness (QED) is 0.851. The van der Waals surface area contributed by atoms with Gasteiger partial charge in [-0.2, -0.15) is 0 Å². The second kappa shape index (κ2) is 6.19. The van der Waals surface area contributed by atoms with Crippen LogP contribution in [0.15, 0.2) is 36.4 Å². The average Bonchev–Trinajstić information content (AvgIpc) is 2.47. The molecule has 2 N–H and O–H groups in total. The van der Waals surface area contributed by atoms with E-state index in [0.29, 0.717) is 11.4 Å². The predicted molar refractivity (Wildman–Crippen MR) is 79.8 cm³/mol. The summed E-state index contributed by atoms with van der Waals surface area (Å²) in [6.45, 7) is 0. The van der Waals surface area contributed by atoms with Gasteiger partial charge in [0.1, 0.15) is 5.75 Å². The van der Waals surface area contributed by atoms with Gasteiger partial charge in [-0.25, -0.2) is 0 Å². The maximum absolute atomic E-state index is 5.92. The number of hydrogen-bond acceptors (Lipinski definition) is 4. The highest BCUT2D eigenvalue weighted by molar-refractivity contribution is 5.55. The van der Waals surface area contributed by atoms with Crippen LogP contribution in [0, 0.1) is 0 Å². The molecule has 4 heteroatoms. The zero-order valence-corrected chi connectivity index (χ0v) is 12.0. The molecule has 0 atom stereocenters. The highest BCUT2D eigenvalue weighted by atomic mass is 16.5. The molecule has 0 aliphatic rings. The van der Waals surface area contributed by atoms with E-state index >= 15 is 0 Å². The molecule has 2 aromatic carbocycles. The Balaban J connectivity index is 2.23. The fraction of sp³-hybridized carbons (Fsp3) is 0.250. The first-order chi connectivity index (χ1) is 9.67. The van der Waals surface area contributed by atoms with Crippen molar-refractivity contribution in [1.82, 2.24) is 0 Å². The van der Waals surface area contributed by atoms with Crippen molar-refractivity contribution in [1.29, 1.82) is 0 Å². The van der Waals surface area contributed by atoms with E-state index in [2.05, 4.69) is 0 Å². The van der Waals surface area contributed by atoms with Crippen molar-refractivity contribution in [3.8, 4) is 17.2 Å². The molecule has 0 radical (unpaired) electrons. The van der Waals surface area contributed by atoms with Gasteiger partial charge in [-0.3, -0.25) is 0 Å². The minimum Gasteiger partial charge on any atom is -0.495 e. The van der Waals surface area contributed by atoms with Gasteiger partial charge in [-0.1, -0.05) is 12.1 Å². The third-order valence-corrected chi connectivity index (χ3v) is 3.15. The molecule has 0 aliphatic carbocycles. The standard InChI is InChI=1S/C16H19NO3/c1-18-14-6-4-11(9-13(14)17)8-12-5-7-15(19-2)16(10-12)20-3/h4-7,9-10H,8,17H2,1-3H3. The van der Waals surface area contributed by atoms with E-state index in [4.69, 9.17) is 19.9 Å². The van der Waals surface area contributed by atoms with Crippen LogP contribution in [0.3, 0.4) is 0 Å².